The molecule has 0 spiro atoms. The van der Waals surface area contributed by atoms with Crippen LogP contribution in [0.1, 0.15) is 156 Å². The van der Waals surface area contributed by atoms with E-state index in [0.29, 0.717) is 92.3 Å². The number of nitrogens with two attached hydrogens (primary N) is 2. The summed E-state index contributed by atoms with van der Waals surface area (Å²) in [7, 11) is 0. The van der Waals surface area contributed by atoms with E-state index >= 15 is 0 Å². The predicted octanol–water partition coefficient (Wildman–Crippen LogP) is 15.7. The van der Waals surface area contributed by atoms with Crippen molar-refractivity contribution in [3.8, 4) is 51.5 Å². The maximum atomic E-state index is 13.7. The van der Waals surface area contributed by atoms with Crippen LogP contribution >= 0.6 is 46.4 Å². The molecule has 0 saturated heterocycles. The summed E-state index contributed by atoms with van der Waals surface area (Å²) in [5.41, 5.74) is 13.0. The molecule has 3 aliphatic rings. The average Bonchev–Trinajstić information content (AvgIpc) is 1.20. The van der Waals surface area contributed by atoms with Crippen LogP contribution in [0.2, 0.25) is 20.1 Å². The van der Waals surface area contributed by atoms with Crippen molar-refractivity contribution in [3.05, 3.63) is 155 Å². The Labute approximate surface area is 607 Å². The van der Waals surface area contributed by atoms with Gasteiger partial charge < -0.3 is 60.5 Å². The second-order valence-corrected chi connectivity index (χ2v) is 27.7. The summed E-state index contributed by atoms with van der Waals surface area (Å²) in [6.45, 7) is 25.8. The van der Waals surface area contributed by atoms with Crippen LogP contribution in [0, 0.1) is 19.4 Å². The largest absolute Gasteiger partial charge is 0.507 e. The van der Waals surface area contributed by atoms with Crippen LogP contribution < -0.4 is 26.4 Å². The van der Waals surface area contributed by atoms with Gasteiger partial charge in [0.2, 0.25) is 5.88 Å². The number of aromatic nitrogens is 1. The van der Waals surface area contributed by atoms with Crippen molar-refractivity contribution in [2.45, 2.75) is 133 Å². The molecule has 28 heteroatoms. The normalized spacial score (nSPS) is 14.2. The Morgan fingerprint density at radius 1 is 0.451 bits per heavy atom. The van der Waals surface area contributed by atoms with E-state index in [4.69, 9.17) is 51.9 Å². The van der Waals surface area contributed by atoms with Crippen molar-refractivity contribution in [3.63, 3.8) is 0 Å². The average molecular weight is 1470 g/mol. The van der Waals surface area contributed by atoms with Crippen LogP contribution in [0.25, 0.3) is 43.6 Å². The van der Waals surface area contributed by atoms with Gasteiger partial charge in [-0.05, 0) is 176 Å². The molecule has 4 heterocycles. The number of amides is 3. The highest BCUT2D eigenvalue weighted by Crippen LogP contribution is 2.55. The van der Waals surface area contributed by atoms with Gasteiger partial charge in [0.1, 0.15) is 11.5 Å². The number of nitrogens with one attached hydrogen (secondary N) is 1. The lowest BCUT2D eigenvalue weighted by Crippen LogP contribution is -2.35. The zero-order valence-electron chi connectivity index (χ0n) is 58.2. The van der Waals surface area contributed by atoms with Gasteiger partial charge in [-0.1, -0.05) is 86.2 Å². The number of hydrogen-bond acceptors (Lipinski definition) is 19. The first-order chi connectivity index (χ1) is 47.7. The molecule has 1 aromatic heterocycles. The molecule has 0 fully saturated rings. The lowest BCUT2D eigenvalue weighted by molar-refractivity contribution is -0.114. The molecular formula is C74H78Cl4N12O12. The minimum atomic E-state index is -0.607. The molecule has 24 nitrogen and oxygen atoms in total. The van der Waals surface area contributed by atoms with E-state index in [1.54, 1.807) is 107 Å². The molecule has 14 N–H and O–H groups in total. The van der Waals surface area contributed by atoms with Gasteiger partial charge in [-0.3, -0.25) is 30.9 Å². The third-order valence-electron chi connectivity index (χ3n) is 17.4. The van der Waals surface area contributed by atoms with Gasteiger partial charge in [0.05, 0.1) is 51.7 Å². The molecule has 8 aromatic carbocycles. The van der Waals surface area contributed by atoms with Gasteiger partial charge in [-0.15, -0.1) is 10.2 Å². The van der Waals surface area contributed by atoms with Crippen LogP contribution in [0.15, 0.2) is 110 Å². The SMILES string of the molecule is CC(C)N1C(=O)C(=O)c2cc(Cl)ccc21.CC(C)n1c(O)c(N=N)c2cc(Cl)ccc21.Cc1cc2c(C(C)C)c(O)c(O)c(/C=N/N=C3\C(=O)N(C(C)C)c4ccc(Cl)cc43)c2c(O)c1-c1c(C)cc2c(C(C)C)c(O)c(O)c(/C=N/N=C3/C(=O)N(C(C)C)c4ccc(Cl)cc43)c2c1O.NN.O. The fraction of sp³-hybridized carbons (Fsp3) is 0.270. The number of ketones is 1. The van der Waals surface area contributed by atoms with Crippen molar-refractivity contribution in [1.29, 1.82) is 5.53 Å². The Kier molecular flexibility index (Phi) is 23.2. The fourth-order valence-electron chi connectivity index (χ4n) is 13.3. The maximum absolute atomic E-state index is 13.7. The number of carbonyl (C=O) groups is 4. The van der Waals surface area contributed by atoms with E-state index in [9.17, 15) is 54.9 Å². The maximum Gasteiger partial charge on any atom is 0.299 e. The van der Waals surface area contributed by atoms with E-state index in [1.807, 2.05) is 89.2 Å². The second kappa shape index (κ2) is 30.6. The number of halogens is 4. The minimum absolute atomic E-state index is 0. The summed E-state index contributed by atoms with van der Waals surface area (Å²) >= 11 is 24.3. The Balaban J connectivity index is 0.000000315. The lowest BCUT2D eigenvalue weighted by atomic mass is 9.83. The molecule has 0 unspecified atom stereocenters. The Morgan fingerprint density at radius 2 is 0.804 bits per heavy atom. The van der Waals surface area contributed by atoms with Crippen LogP contribution in [0.3, 0.4) is 0 Å². The number of rotatable bonds is 12. The van der Waals surface area contributed by atoms with E-state index < -0.39 is 58.0 Å². The number of aromatic hydroxyl groups is 7. The summed E-state index contributed by atoms with van der Waals surface area (Å²) < 4.78 is 1.74. The molecule has 0 radical (unpaired) electrons. The van der Waals surface area contributed by atoms with Gasteiger partial charge in [0, 0.05) is 93.8 Å². The summed E-state index contributed by atoms with van der Waals surface area (Å²) in [5.74, 6) is 2.64. The van der Waals surface area contributed by atoms with E-state index in [-0.39, 0.29) is 97.5 Å². The highest BCUT2D eigenvalue weighted by atomic mass is 35.5. The van der Waals surface area contributed by atoms with Crippen molar-refractivity contribution < 1.29 is 60.4 Å². The molecule has 9 aromatic rings. The zero-order valence-corrected chi connectivity index (χ0v) is 61.2. The molecule has 102 heavy (non-hydrogen) atoms. The van der Waals surface area contributed by atoms with Gasteiger partial charge in [0.15, 0.2) is 40.1 Å². The number of nitrogens with zero attached hydrogens (tertiary/aromatic N) is 9. The van der Waals surface area contributed by atoms with Crippen molar-refractivity contribution in [2.75, 3.05) is 14.7 Å². The fourth-order valence-corrected chi connectivity index (χ4v) is 13.9. The molecule has 3 aliphatic heterocycles. The first-order valence-electron chi connectivity index (χ1n) is 32.0. The number of carbonyl (C=O) groups excluding carboxylic acids is 4. The topological polar surface area (TPSA) is 394 Å². The zero-order chi connectivity index (χ0) is 74.6. The second-order valence-electron chi connectivity index (χ2n) is 26.0. The number of benzene rings is 8. The third-order valence-corrected chi connectivity index (χ3v) is 18.4. The van der Waals surface area contributed by atoms with Crippen LogP contribution in [0.5, 0.6) is 40.4 Å². The minimum Gasteiger partial charge on any atom is -0.507 e. The summed E-state index contributed by atoms with van der Waals surface area (Å²) in [6.07, 6.45) is 2.28. The highest BCUT2D eigenvalue weighted by molar-refractivity contribution is 6.56. The van der Waals surface area contributed by atoms with Crippen molar-refractivity contribution in [2.24, 2.45) is 37.2 Å². The molecule has 0 saturated carbocycles. The number of phenolic OH excluding ortho intramolecular Hbond substituents is 6. The number of anilines is 3. The van der Waals surface area contributed by atoms with Gasteiger partial charge in [-0.2, -0.15) is 15.3 Å². The number of hydrogen-bond donors (Lipinski definition) is 10. The number of aryl methyl sites for hydroxylation is 2. The van der Waals surface area contributed by atoms with Crippen LogP contribution in [0.4, 0.5) is 22.7 Å². The smallest absolute Gasteiger partial charge is 0.299 e. The van der Waals surface area contributed by atoms with E-state index in [0.717, 1.165) is 17.9 Å². The third kappa shape index (κ3) is 13.7. The molecule has 3 amide bonds. The number of fused-ring (bicyclic) bond motifs is 6. The van der Waals surface area contributed by atoms with Gasteiger partial charge in [-0.25, -0.2) is 5.53 Å². The first kappa shape index (κ1) is 77.6. The molecular weight excluding hydrogens is 1390 g/mol. The lowest BCUT2D eigenvalue weighted by Gasteiger charge is -2.23. The molecule has 12 rings (SSSR count). The summed E-state index contributed by atoms with van der Waals surface area (Å²) in [4.78, 5) is 55.2. The van der Waals surface area contributed by atoms with Gasteiger partial charge >= 0.3 is 0 Å². The Hall–Kier alpha value is -10.2. The van der Waals surface area contributed by atoms with Crippen LogP contribution in [-0.2, 0) is 14.4 Å². The quantitative estimate of drug-likeness (QED) is 0.0136. The standard InChI is InChI=1S/C52H50Cl2N6O8.C11H12ClN3O.C11H10ClNO2.H4N2.H2O/c1-21(2)37-31-15-25(9)39(47(63)41(31)33(45(61)49(37)65)19-55-57-43-29-17-27(53)11-13-35(29)59(23(5)6)51(43)67)40-26(10)16-32-38(22(3)4)50(66)46(62)34(42(32)48(40)64)20-56-58-44-30-18-28(54)12-14-36(30)60(24(7)8)52(44)68;1-6(2)15-9-4-3-7(12)5-8(9)10(14-13)11(15)16;1-6(2)13-9-4-3-7(12)5-8(9)10(14)11(13)15;1-2;/h11-24,61-66H,1-10H3;3-6,13,16H,1-2H3;3-6H,1-2H3;1-2H2;1H2/b55-19+,56-20+,57-43-,58-44+;;;;. The Morgan fingerprint density at radius 3 is 1.17 bits per heavy atom. The van der Waals surface area contributed by atoms with E-state index in [1.165, 1.54) is 4.90 Å². The van der Waals surface area contributed by atoms with Crippen molar-refractivity contribution in [1.82, 2.24) is 4.57 Å². The molecule has 0 bridgehead atoms. The number of Topliss-reactive ketones (excluding diaryl/α,β-unsaturated/α-hetero) is 1. The predicted molar refractivity (Wildman–Crippen MR) is 405 cm³/mol. The summed E-state index contributed by atoms with van der Waals surface area (Å²) in [5, 5.41) is 105. The number of hydrazine groups is 1. The molecule has 534 valence electrons. The highest BCUT2D eigenvalue weighted by Gasteiger charge is 2.40. The first-order valence-corrected chi connectivity index (χ1v) is 33.6. The van der Waals surface area contributed by atoms with E-state index in [2.05, 4.69) is 37.2 Å². The molecule has 0 atom stereocenters. The van der Waals surface area contributed by atoms with Gasteiger partial charge in [0.25, 0.3) is 23.5 Å². The summed E-state index contributed by atoms with van der Waals surface area (Å²) in [6, 6.07) is 23.3. The Bertz CT molecular complexity index is 4860. The van der Waals surface area contributed by atoms with Crippen LogP contribution in [-0.4, -0.2) is 111 Å². The number of phenols is 6. The monoisotopic (exact) mass is 1470 g/mol. The molecule has 0 aliphatic carbocycles. The van der Waals surface area contributed by atoms with Crippen molar-refractivity contribution >= 4 is 149 Å².